The number of hydrogen-bond acceptors (Lipinski definition) is 3. The monoisotopic (exact) mass is 336 g/mol. The van der Waals surface area contributed by atoms with Crippen LogP contribution < -0.4 is 5.32 Å². The van der Waals surface area contributed by atoms with Crippen LogP contribution in [0.15, 0.2) is 54.6 Å². The molecule has 0 spiro atoms. The summed E-state index contributed by atoms with van der Waals surface area (Å²) in [6, 6.07) is 17.5. The maximum Gasteiger partial charge on any atom is 0.242 e. The van der Waals surface area contributed by atoms with E-state index in [9.17, 15) is 4.79 Å². The Hall–Kier alpha value is -2.66. The fourth-order valence-corrected chi connectivity index (χ4v) is 3.04. The van der Waals surface area contributed by atoms with Crippen molar-refractivity contribution in [2.75, 3.05) is 13.6 Å². The SMILES string of the molecule is CCN(C)C(C(=O)NCc1nc2ccccc2n1C)c1ccccc1. The number of aryl methyl sites for hydroxylation is 1. The molecule has 2 aromatic carbocycles. The third-order valence-electron chi connectivity index (χ3n) is 4.60. The van der Waals surface area contributed by atoms with Gasteiger partial charge in [-0.05, 0) is 31.3 Å². The number of nitrogens with zero attached hydrogens (tertiary/aromatic N) is 3. The van der Waals surface area contributed by atoms with E-state index in [-0.39, 0.29) is 11.9 Å². The van der Waals surface area contributed by atoms with E-state index in [2.05, 4.69) is 17.2 Å². The highest BCUT2D eigenvalue weighted by Crippen LogP contribution is 2.20. The number of para-hydroxylation sites is 2. The van der Waals surface area contributed by atoms with Gasteiger partial charge in [-0.1, -0.05) is 49.4 Å². The van der Waals surface area contributed by atoms with Crippen LogP contribution in [0.3, 0.4) is 0 Å². The zero-order chi connectivity index (χ0) is 17.8. The Labute approximate surface area is 148 Å². The molecule has 0 fully saturated rings. The van der Waals surface area contributed by atoms with E-state index in [0.29, 0.717) is 6.54 Å². The third-order valence-corrected chi connectivity index (χ3v) is 4.60. The summed E-state index contributed by atoms with van der Waals surface area (Å²) in [5, 5.41) is 3.05. The van der Waals surface area contributed by atoms with Gasteiger partial charge < -0.3 is 9.88 Å². The van der Waals surface area contributed by atoms with Crippen molar-refractivity contribution in [3.05, 3.63) is 66.0 Å². The number of hydrogen-bond donors (Lipinski definition) is 1. The number of carbonyl (C=O) groups excluding carboxylic acids is 1. The topological polar surface area (TPSA) is 50.2 Å². The highest BCUT2D eigenvalue weighted by molar-refractivity contribution is 5.83. The second kappa shape index (κ2) is 7.49. The molecule has 1 atom stereocenters. The summed E-state index contributed by atoms with van der Waals surface area (Å²) >= 11 is 0. The Morgan fingerprint density at radius 3 is 2.52 bits per heavy atom. The maximum atomic E-state index is 12.9. The molecule has 1 heterocycles. The number of nitrogens with one attached hydrogen (secondary N) is 1. The standard InChI is InChI=1S/C20H24N4O/c1-4-23(2)19(15-10-6-5-7-11-15)20(25)21-14-18-22-16-12-8-9-13-17(16)24(18)3/h5-13,19H,4,14H2,1-3H3,(H,21,25). The molecule has 1 aromatic heterocycles. The lowest BCUT2D eigenvalue weighted by atomic mass is 10.0. The first-order valence-electron chi connectivity index (χ1n) is 8.55. The van der Waals surface area contributed by atoms with E-state index in [1.165, 1.54) is 0 Å². The predicted molar refractivity (Wildman–Crippen MR) is 100 cm³/mol. The molecule has 1 N–H and O–H groups in total. The van der Waals surface area contributed by atoms with Crippen molar-refractivity contribution >= 4 is 16.9 Å². The van der Waals surface area contributed by atoms with Gasteiger partial charge in [0.2, 0.25) is 5.91 Å². The summed E-state index contributed by atoms with van der Waals surface area (Å²) in [7, 11) is 3.94. The fourth-order valence-electron chi connectivity index (χ4n) is 3.04. The molecule has 5 nitrogen and oxygen atoms in total. The van der Waals surface area contributed by atoms with E-state index >= 15 is 0 Å². The first-order valence-corrected chi connectivity index (χ1v) is 8.55. The lowest BCUT2D eigenvalue weighted by Gasteiger charge is -2.26. The van der Waals surface area contributed by atoms with E-state index in [0.717, 1.165) is 29.0 Å². The number of imidazole rings is 1. The van der Waals surface area contributed by atoms with Crippen molar-refractivity contribution in [1.82, 2.24) is 19.8 Å². The van der Waals surface area contributed by atoms with Gasteiger partial charge in [0.05, 0.1) is 17.6 Å². The number of amides is 1. The van der Waals surface area contributed by atoms with Crippen molar-refractivity contribution in [3.8, 4) is 0 Å². The van der Waals surface area contributed by atoms with E-state index < -0.39 is 0 Å². The van der Waals surface area contributed by atoms with Crippen LogP contribution in [0.5, 0.6) is 0 Å². The number of likely N-dealkylation sites (N-methyl/N-ethyl adjacent to an activating group) is 1. The Balaban J connectivity index is 1.78. The molecule has 25 heavy (non-hydrogen) atoms. The summed E-state index contributed by atoms with van der Waals surface area (Å²) in [5.74, 6) is 0.836. The molecule has 3 aromatic rings. The lowest BCUT2D eigenvalue weighted by Crippen LogP contribution is -2.38. The molecule has 0 saturated heterocycles. The number of benzene rings is 2. The van der Waals surface area contributed by atoms with Crippen LogP contribution in [0.25, 0.3) is 11.0 Å². The number of aromatic nitrogens is 2. The molecule has 0 radical (unpaired) electrons. The average molecular weight is 336 g/mol. The summed E-state index contributed by atoms with van der Waals surface area (Å²) in [6.45, 7) is 3.25. The Kier molecular flexibility index (Phi) is 5.14. The van der Waals surface area contributed by atoms with Crippen molar-refractivity contribution in [2.24, 2.45) is 7.05 Å². The molecule has 3 rings (SSSR count). The highest BCUT2D eigenvalue weighted by atomic mass is 16.2. The lowest BCUT2D eigenvalue weighted by molar-refractivity contribution is -0.126. The van der Waals surface area contributed by atoms with Crippen molar-refractivity contribution in [2.45, 2.75) is 19.5 Å². The quantitative estimate of drug-likeness (QED) is 0.753. The summed E-state index contributed by atoms with van der Waals surface area (Å²) < 4.78 is 2.02. The molecule has 0 saturated carbocycles. The smallest absolute Gasteiger partial charge is 0.242 e. The van der Waals surface area contributed by atoms with Gasteiger partial charge in [0, 0.05) is 7.05 Å². The molecule has 5 heteroatoms. The van der Waals surface area contributed by atoms with Crippen LogP contribution in [-0.4, -0.2) is 34.0 Å². The number of fused-ring (bicyclic) bond motifs is 1. The molecule has 1 amide bonds. The molecule has 0 aliphatic heterocycles. The van der Waals surface area contributed by atoms with Gasteiger partial charge in [-0.25, -0.2) is 4.98 Å². The van der Waals surface area contributed by atoms with Crippen LogP contribution in [0, 0.1) is 0 Å². The fraction of sp³-hybridized carbons (Fsp3) is 0.300. The van der Waals surface area contributed by atoms with Crippen molar-refractivity contribution < 1.29 is 4.79 Å². The summed E-state index contributed by atoms with van der Waals surface area (Å²) in [5.41, 5.74) is 3.01. The van der Waals surface area contributed by atoms with Crippen LogP contribution >= 0.6 is 0 Å². The van der Waals surface area contributed by atoms with E-state index in [4.69, 9.17) is 0 Å². The molecule has 0 bridgehead atoms. The molecule has 0 aliphatic carbocycles. The van der Waals surface area contributed by atoms with Crippen LogP contribution in [0.4, 0.5) is 0 Å². The van der Waals surface area contributed by atoms with Gasteiger partial charge in [0.1, 0.15) is 11.9 Å². The predicted octanol–water partition coefficient (Wildman–Crippen LogP) is 2.88. The summed E-state index contributed by atoms with van der Waals surface area (Å²) in [6.07, 6.45) is 0. The summed E-state index contributed by atoms with van der Waals surface area (Å²) in [4.78, 5) is 19.5. The minimum absolute atomic E-state index is 0.0115. The van der Waals surface area contributed by atoms with Crippen molar-refractivity contribution in [3.63, 3.8) is 0 Å². The first kappa shape index (κ1) is 17.2. The molecule has 1 unspecified atom stereocenters. The van der Waals surface area contributed by atoms with Crippen LogP contribution in [0.1, 0.15) is 24.4 Å². The normalized spacial score (nSPS) is 12.5. The first-order chi connectivity index (χ1) is 12.1. The zero-order valence-electron chi connectivity index (χ0n) is 14.9. The number of carbonyl (C=O) groups is 1. The van der Waals surface area contributed by atoms with Gasteiger partial charge in [-0.3, -0.25) is 9.69 Å². The largest absolute Gasteiger partial charge is 0.347 e. The second-order valence-electron chi connectivity index (χ2n) is 6.18. The zero-order valence-corrected chi connectivity index (χ0v) is 14.9. The molecule has 130 valence electrons. The molecular weight excluding hydrogens is 312 g/mol. The maximum absolute atomic E-state index is 12.9. The van der Waals surface area contributed by atoms with Gasteiger partial charge in [-0.2, -0.15) is 0 Å². The van der Waals surface area contributed by atoms with Crippen LogP contribution in [-0.2, 0) is 18.4 Å². The Bertz CT molecular complexity index is 857. The minimum atomic E-state index is -0.305. The van der Waals surface area contributed by atoms with E-state index in [1.807, 2.05) is 78.2 Å². The minimum Gasteiger partial charge on any atom is -0.347 e. The highest BCUT2D eigenvalue weighted by Gasteiger charge is 2.24. The molecular formula is C20H24N4O. The Morgan fingerprint density at radius 2 is 1.84 bits per heavy atom. The van der Waals surface area contributed by atoms with Gasteiger partial charge in [0.15, 0.2) is 0 Å². The van der Waals surface area contributed by atoms with E-state index in [1.54, 1.807) is 0 Å². The average Bonchev–Trinajstić information content (AvgIpc) is 2.97. The van der Waals surface area contributed by atoms with Crippen molar-refractivity contribution in [1.29, 1.82) is 0 Å². The third kappa shape index (κ3) is 3.56. The van der Waals surface area contributed by atoms with Gasteiger partial charge >= 0.3 is 0 Å². The van der Waals surface area contributed by atoms with Gasteiger partial charge in [0.25, 0.3) is 0 Å². The molecule has 0 aliphatic rings. The second-order valence-corrected chi connectivity index (χ2v) is 6.18. The Morgan fingerprint density at radius 1 is 1.16 bits per heavy atom. The van der Waals surface area contributed by atoms with Gasteiger partial charge in [-0.15, -0.1) is 0 Å². The number of rotatable bonds is 6. The van der Waals surface area contributed by atoms with Crippen LogP contribution in [0.2, 0.25) is 0 Å².